The highest BCUT2D eigenvalue weighted by Crippen LogP contribution is 2.59. The van der Waals surface area contributed by atoms with Crippen LogP contribution >= 0.6 is 0 Å². The Labute approximate surface area is 255 Å². The van der Waals surface area contributed by atoms with Crippen LogP contribution in [0.4, 0.5) is 10.1 Å². The summed E-state index contributed by atoms with van der Waals surface area (Å²) >= 11 is 0. The third kappa shape index (κ3) is 4.80. The molecule has 4 bridgehead atoms. The Kier molecular flexibility index (Phi) is 6.52. The minimum Gasteiger partial charge on any atom is -0.387 e. The molecule has 4 N–H and O–H groups in total. The van der Waals surface area contributed by atoms with Crippen molar-refractivity contribution in [3.63, 3.8) is 0 Å². The number of amides is 2. The first kappa shape index (κ1) is 28.7. The quantitative estimate of drug-likeness (QED) is 0.287. The van der Waals surface area contributed by atoms with E-state index < -0.39 is 17.7 Å². The maximum Gasteiger partial charge on any atom is 0.255 e. The largest absolute Gasteiger partial charge is 0.387 e. The number of hydrogen-bond acceptors (Lipinski definition) is 7. The predicted molar refractivity (Wildman–Crippen MR) is 161 cm³/mol. The van der Waals surface area contributed by atoms with Crippen LogP contribution in [0.15, 0.2) is 36.7 Å². The summed E-state index contributed by atoms with van der Waals surface area (Å²) in [5.74, 6) is 0.529. The number of pyridine rings is 1. The van der Waals surface area contributed by atoms with Crippen molar-refractivity contribution in [1.29, 1.82) is 5.26 Å². The van der Waals surface area contributed by atoms with Gasteiger partial charge in [-0.25, -0.2) is 8.91 Å². The zero-order valence-electron chi connectivity index (χ0n) is 25.1. The highest BCUT2D eigenvalue weighted by Gasteiger charge is 2.60. The molecule has 0 spiro atoms. The van der Waals surface area contributed by atoms with E-state index >= 15 is 0 Å². The molecule has 11 heteroatoms. The van der Waals surface area contributed by atoms with Crippen molar-refractivity contribution in [2.45, 2.75) is 94.5 Å². The molecule has 2 amide bonds. The van der Waals surface area contributed by atoms with Crippen molar-refractivity contribution in [3.8, 4) is 17.5 Å². The number of nitrogens with one attached hydrogen (secondary N) is 3. The Morgan fingerprint density at radius 1 is 1.11 bits per heavy atom. The van der Waals surface area contributed by atoms with Gasteiger partial charge in [0, 0.05) is 22.7 Å². The highest BCUT2D eigenvalue weighted by molar-refractivity contribution is 6.00. The van der Waals surface area contributed by atoms with E-state index in [1.165, 1.54) is 26.2 Å². The second-order valence-corrected chi connectivity index (χ2v) is 14.3. The van der Waals surface area contributed by atoms with Crippen LogP contribution < -0.4 is 16.0 Å². The molecule has 3 heterocycles. The molecule has 44 heavy (non-hydrogen) atoms. The fraction of sp³-hybridized carbons (Fsp3) is 0.545. The summed E-state index contributed by atoms with van der Waals surface area (Å²) in [6.07, 6.45) is 9.46. The fourth-order valence-electron chi connectivity index (χ4n) is 7.67. The molecule has 6 aliphatic carbocycles. The number of rotatable bonds is 9. The fourth-order valence-corrected chi connectivity index (χ4v) is 7.67. The number of nitriles is 1. The lowest BCUT2D eigenvalue weighted by Crippen LogP contribution is -2.70. The maximum absolute atomic E-state index is 14.5. The lowest BCUT2D eigenvalue weighted by atomic mass is 9.49. The van der Waals surface area contributed by atoms with Gasteiger partial charge in [0.05, 0.1) is 52.1 Å². The van der Waals surface area contributed by atoms with Crippen LogP contribution in [0, 0.1) is 22.7 Å². The van der Waals surface area contributed by atoms with E-state index in [2.05, 4.69) is 32.1 Å². The highest BCUT2D eigenvalue weighted by atomic mass is 19.1. The number of carbonyl (C=O) groups excluding carboxylic acids is 2. The van der Waals surface area contributed by atoms with E-state index in [4.69, 9.17) is 0 Å². The number of aromatic nitrogens is 3. The van der Waals surface area contributed by atoms with Gasteiger partial charge in [-0.15, -0.1) is 0 Å². The number of aliphatic hydroxyl groups is 1. The van der Waals surface area contributed by atoms with E-state index in [1.807, 2.05) is 18.2 Å². The molecule has 0 aromatic carbocycles. The van der Waals surface area contributed by atoms with Gasteiger partial charge in [-0.3, -0.25) is 14.6 Å². The van der Waals surface area contributed by atoms with E-state index in [9.17, 15) is 24.3 Å². The lowest BCUT2D eigenvalue weighted by molar-refractivity contribution is -0.148. The smallest absolute Gasteiger partial charge is 0.255 e. The van der Waals surface area contributed by atoms with E-state index in [0.717, 1.165) is 69.2 Å². The van der Waals surface area contributed by atoms with Crippen molar-refractivity contribution < 1.29 is 19.1 Å². The van der Waals surface area contributed by atoms with Crippen LogP contribution in [0.3, 0.4) is 0 Å². The maximum atomic E-state index is 14.5. The van der Waals surface area contributed by atoms with Gasteiger partial charge in [0.1, 0.15) is 12.2 Å². The van der Waals surface area contributed by atoms with Crippen LogP contribution in [0.1, 0.15) is 87.6 Å². The summed E-state index contributed by atoms with van der Waals surface area (Å²) in [4.78, 5) is 31.4. The topological polar surface area (TPSA) is 144 Å². The van der Waals surface area contributed by atoms with Crippen molar-refractivity contribution in [2.75, 3.05) is 11.9 Å². The van der Waals surface area contributed by atoms with E-state index in [-0.39, 0.29) is 34.5 Å². The third-order valence-corrected chi connectivity index (χ3v) is 10.8. The van der Waals surface area contributed by atoms with Gasteiger partial charge in [-0.2, -0.15) is 10.4 Å². The molecule has 230 valence electrons. The van der Waals surface area contributed by atoms with Crippen LogP contribution in [0.2, 0.25) is 0 Å². The first-order chi connectivity index (χ1) is 20.9. The number of anilines is 1. The molecule has 10 nitrogen and oxygen atoms in total. The molecule has 6 fully saturated rings. The summed E-state index contributed by atoms with van der Waals surface area (Å²) in [5.41, 5.74) is 1.17. The van der Waals surface area contributed by atoms with Gasteiger partial charge in [0.15, 0.2) is 0 Å². The number of hydrogen-bond donors (Lipinski definition) is 4. The first-order valence-electron chi connectivity index (χ1n) is 15.6. The SMILES string of the molecule is CC(C)(O)[C@H](F)CNC(=O)c1cnc(-c2ccc3cc(C#N)cnn23)cc1NC12CCC(C(=O)NC34CC(C3)C4)(CC1)CC2. The van der Waals surface area contributed by atoms with Crippen LogP contribution in [0.5, 0.6) is 0 Å². The zero-order chi connectivity index (χ0) is 30.9. The van der Waals surface area contributed by atoms with Crippen LogP contribution in [0.25, 0.3) is 16.9 Å². The van der Waals surface area contributed by atoms with E-state index in [0.29, 0.717) is 22.6 Å². The Balaban J connectivity index is 1.15. The third-order valence-electron chi connectivity index (χ3n) is 10.8. The van der Waals surface area contributed by atoms with Crippen molar-refractivity contribution in [3.05, 3.63) is 47.8 Å². The first-order valence-corrected chi connectivity index (χ1v) is 15.6. The van der Waals surface area contributed by atoms with Crippen molar-refractivity contribution in [2.24, 2.45) is 11.3 Å². The second-order valence-electron chi connectivity index (χ2n) is 14.3. The molecule has 9 rings (SSSR count). The number of carbonyl (C=O) groups is 2. The Morgan fingerprint density at radius 3 is 2.43 bits per heavy atom. The van der Waals surface area contributed by atoms with Gasteiger partial charge < -0.3 is 21.1 Å². The Morgan fingerprint density at radius 2 is 1.82 bits per heavy atom. The average molecular weight is 600 g/mol. The number of nitrogens with zero attached hydrogens (tertiary/aromatic N) is 4. The molecular formula is C33H38FN7O3. The Bertz CT molecular complexity index is 1660. The summed E-state index contributed by atoms with van der Waals surface area (Å²) in [6, 6.07) is 9.39. The molecule has 3 aromatic heterocycles. The van der Waals surface area contributed by atoms with Gasteiger partial charge in [-0.1, -0.05) is 0 Å². The molecule has 1 atom stereocenters. The second kappa shape index (κ2) is 9.99. The predicted octanol–water partition coefficient (Wildman–Crippen LogP) is 4.28. The van der Waals surface area contributed by atoms with Gasteiger partial charge in [0.25, 0.3) is 5.91 Å². The van der Waals surface area contributed by atoms with Gasteiger partial charge in [0.2, 0.25) is 5.91 Å². The minimum absolute atomic E-state index is 0.0638. The molecule has 6 saturated carbocycles. The number of alkyl halides is 1. The minimum atomic E-state index is -1.65. The Hall–Kier alpha value is -4.04. The van der Waals surface area contributed by atoms with Crippen LogP contribution in [-0.4, -0.2) is 60.9 Å². The number of halogens is 1. The molecule has 3 aromatic rings. The van der Waals surface area contributed by atoms with Gasteiger partial charge in [-0.05, 0) is 102 Å². The number of fused-ring (bicyclic) bond motifs is 4. The van der Waals surface area contributed by atoms with Gasteiger partial charge >= 0.3 is 0 Å². The zero-order valence-corrected chi connectivity index (χ0v) is 25.1. The summed E-state index contributed by atoms with van der Waals surface area (Å²) in [6.45, 7) is 2.38. The average Bonchev–Trinajstić information content (AvgIpc) is 3.40. The molecule has 0 radical (unpaired) electrons. The summed E-state index contributed by atoms with van der Waals surface area (Å²) in [5, 5.41) is 33.4. The standard InChI is InChI=1S/C33H38FN7O3/c1-30(2,44)27(34)19-37-28(42)23-18-36-25(26-4-3-22-11-20(16-35)17-38-41(22)26)12-24(23)39-32-8-5-31(6-9-32,7-10-32)29(43)40-33-13-21(14-33)15-33/h3-4,11-12,17-18,21,27,44H,5-10,13-15,19H2,1-2H3,(H,36,39)(H,37,42)(H,40,43)/t21?,27-,31?,32?,33?/m1/s1. The van der Waals surface area contributed by atoms with E-state index in [1.54, 1.807) is 10.6 Å². The molecular weight excluding hydrogens is 561 g/mol. The molecule has 0 saturated heterocycles. The monoisotopic (exact) mass is 599 g/mol. The molecule has 0 aliphatic heterocycles. The molecule has 6 aliphatic rings. The summed E-state index contributed by atoms with van der Waals surface area (Å²) in [7, 11) is 0. The normalized spacial score (nSPS) is 29.2. The lowest BCUT2D eigenvalue weighted by Gasteiger charge is -2.63. The van der Waals surface area contributed by atoms with Crippen LogP contribution in [-0.2, 0) is 4.79 Å². The van der Waals surface area contributed by atoms with Crippen molar-refractivity contribution in [1.82, 2.24) is 25.2 Å². The molecule has 0 unspecified atom stereocenters. The van der Waals surface area contributed by atoms with Crippen molar-refractivity contribution >= 4 is 23.0 Å². The summed E-state index contributed by atoms with van der Waals surface area (Å²) < 4.78 is 16.2.